The van der Waals surface area contributed by atoms with Crippen molar-refractivity contribution in [3.8, 4) is 0 Å². The third-order valence-electron chi connectivity index (χ3n) is 2.94. The van der Waals surface area contributed by atoms with Crippen molar-refractivity contribution in [2.75, 3.05) is 12.8 Å². The van der Waals surface area contributed by atoms with Gasteiger partial charge in [-0.3, -0.25) is 0 Å². The van der Waals surface area contributed by atoms with Crippen molar-refractivity contribution >= 4 is 34.4 Å². The molecule has 21 heavy (non-hydrogen) atoms. The fourth-order valence-corrected chi connectivity index (χ4v) is 2.31. The molecule has 0 fully saturated rings. The summed E-state index contributed by atoms with van der Waals surface area (Å²) in [4.78, 5) is 15.3. The van der Waals surface area contributed by atoms with Gasteiger partial charge in [0.15, 0.2) is 11.6 Å². The van der Waals surface area contributed by atoms with Gasteiger partial charge in [-0.1, -0.05) is 6.07 Å². The normalized spacial score (nSPS) is 10.5. The van der Waals surface area contributed by atoms with Gasteiger partial charge in [0, 0.05) is 21.8 Å². The second-order valence-electron chi connectivity index (χ2n) is 4.25. The molecule has 7 heteroatoms. The molecule has 1 heterocycles. The highest BCUT2D eigenvalue weighted by Crippen LogP contribution is 2.23. The summed E-state index contributed by atoms with van der Waals surface area (Å²) in [6.45, 7) is 0. The molecule has 110 valence electrons. The molecule has 0 saturated heterocycles. The molecule has 0 bridgehead atoms. The van der Waals surface area contributed by atoms with Gasteiger partial charge < -0.3 is 10.5 Å². The van der Waals surface area contributed by atoms with Crippen LogP contribution in [0.4, 0.5) is 14.6 Å². The first-order chi connectivity index (χ1) is 9.93. The highest BCUT2D eigenvalue weighted by molar-refractivity contribution is 14.1. The first kappa shape index (κ1) is 15.6. The van der Waals surface area contributed by atoms with E-state index in [-0.39, 0.29) is 28.9 Å². The van der Waals surface area contributed by atoms with E-state index in [1.807, 2.05) is 22.6 Å². The Morgan fingerprint density at radius 3 is 2.76 bits per heavy atom. The van der Waals surface area contributed by atoms with Crippen LogP contribution in [0.25, 0.3) is 0 Å². The molecule has 0 atom stereocenters. The summed E-state index contributed by atoms with van der Waals surface area (Å²) in [5.41, 5.74) is 5.57. The van der Waals surface area contributed by atoms with E-state index in [1.165, 1.54) is 19.2 Å². The fourth-order valence-electron chi connectivity index (χ4n) is 1.86. The molecule has 0 spiro atoms. The first-order valence-corrected chi connectivity index (χ1v) is 6.97. The summed E-state index contributed by atoms with van der Waals surface area (Å²) < 4.78 is 33.3. The Balaban J connectivity index is 2.51. The van der Waals surface area contributed by atoms with Crippen LogP contribution < -0.4 is 5.73 Å². The number of rotatable bonds is 3. The molecule has 0 radical (unpaired) electrons. The molecule has 2 N–H and O–H groups in total. The second-order valence-corrected chi connectivity index (χ2v) is 5.50. The lowest BCUT2D eigenvalue weighted by molar-refractivity contribution is 0.0598. The zero-order chi connectivity index (χ0) is 15.6. The Kier molecular flexibility index (Phi) is 4.71. The summed E-state index contributed by atoms with van der Waals surface area (Å²) in [5.74, 6) is -2.41. The fraction of sp³-hybridized carbons (Fsp3) is 0.143. The third-order valence-corrected chi connectivity index (χ3v) is 3.61. The predicted molar refractivity (Wildman–Crippen MR) is 81.9 cm³/mol. The molecule has 0 aliphatic rings. The minimum absolute atomic E-state index is 0.0329. The summed E-state index contributed by atoms with van der Waals surface area (Å²) in [6, 6.07) is 4.56. The van der Waals surface area contributed by atoms with Crippen molar-refractivity contribution in [1.29, 1.82) is 0 Å². The van der Waals surface area contributed by atoms with Crippen LogP contribution in [0.3, 0.4) is 0 Å². The van der Waals surface area contributed by atoms with E-state index in [9.17, 15) is 13.6 Å². The number of pyridine rings is 1. The molecular weight excluding hydrogens is 393 g/mol. The number of aromatic nitrogens is 1. The average molecular weight is 404 g/mol. The van der Waals surface area contributed by atoms with Crippen LogP contribution in [0.15, 0.2) is 24.4 Å². The van der Waals surface area contributed by atoms with Crippen LogP contribution in [-0.4, -0.2) is 18.1 Å². The molecule has 2 rings (SSSR count). The smallest absolute Gasteiger partial charge is 0.339 e. The Morgan fingerprint density at radius 2 is 2.14 bits per heavy atom. The van der Waals surface area contributed by atoms with Crippen LogP contribution in [0.5, 0.6) is 0 Å². The van der Waals surface area contributed by atoms with Crippen molar-refractivity contribution in [1.82, 2.24) is 4.98 Å². The maximum absolute atomic E-state index is 14.1. The van der Waals surface area contributed by atoms with Crippen molar-refractivity contribution in [3.63, 3.8) is 0 Å². The van der Waals surface area contributed by atoms with Crippen molar-refractivity contribution in [2.45, 2.75) is 6.42 Å². The van der Waals surface area contributed by atoms with Crippen LogP contribution in [-0.2, 0) is 11.2 Å². The number of hydrogen-bond donors (Lipinski definition) is 1. The number of anilines is 1. The zero-order valence-electron chi connectivity index (χ0n) is 11.0. The Morgan fingerprint density at radius 1 is 1.43 bits per heavy atom. The number of benzene rings is 1. The minimum atomic E-state index is -0.837. The number of esters is 1. The Hall–Kier alpha value is -1.77. The van der Waals surface area contributed by atoms with Crippen molar-refractivity contribution in [3.05, 3.63) is 56.3 Å². The largest absolute Gasteiger partial charge is 0.465 e. The number of carbonyl (C=O) groups excluding carboxylic acids is 1. The van der Waals surface area contributed by atoms with Gasteiger partial charge in [0.1, 0.15) is 5.82 Å². The minimum Gasteiger partial charge on any atom is -0.465 e. The molecular formula is C14H11F2IN2O2. The Labute approximate surface area is 133 Å². The molecule has 0 saturated carbocycles. The van der Waals surface area contributed by atoms with Crippen LogP contribution >= 0.6 is 22.6 Å². The molecule has 0 aliphatic carbocycles. The second kappa shape index (κ2) is 6.33. The number of nitrogens with zero attached hydrogens (tertiary/aromatic N) is 1. The predicted octanol–water partition coefficient (Wildman–Crippen LogP) is 2.92. The van der Waals surface area contributed by atoms with E-state index < -0.39 is 17.6 Å². The SMILES string of the molecule is COC(=O)c1cnc(N)c(F)c1Cc1ccc(I)cc1F. The van der Waals surface area contributed by atoms with E-state index in [2.05, 4.69) is 9.72 Å². The number of methoxy groups -OCH3 is 1. The summed E-state index contributed by atoms with van der Waals surface area (Å²) in [5, 5.41) is 0. The lowest BCUT2D eigenvalue weighted by Crippen LogP contribution is -2.12. The van der Waals surface area contributed by atoms with E-state index in [1.54, 1.807) is 6.07 Å². The number of hydrogen-bond acceptors (Lipinski definition) is 4. The third kappa shape index (κ3) is 3.29. The van der Waals surface area contributed by atoms with E-state index in [4.69, 9.17) is 5.73 Å². The monoisotopic (exact) mass is 404 g/mol. The highest BCUT2D eigenvalue weighted by atomic mass is 127. The topological polar surface area (TPSA) is 65.2 Å². The number of nitrogens with two attached hydrogens (primary N) is 1. The molecule has 2 aromatic rings. The standard InChI is InChI=1S/C14H11F2IN2O2/c1-21-14(20)10-6-19-13(18)12(16)9(10)4-7-2-3-8(17)5-11(7)15/h2-3,5-6H,4H2,1H3,(H2,18,19). The quantitative estimate of drug-likeness (QED) is 0.631. The molecule has 4 nitrogen and oxygen atoms in total. The first-order valence-electron chi connectivity index (χ1n) is 5.89. The van der Waals surface area contributed by atoms with Gasteiger partial charge in [0.05, 0.1) is 12.7 Å². The van der Waals surface area contributed by atoms with Gasteiger partial charge >= 0.3 is 5.97 Å². The summed E-state index contributed by atoms with van der Waals surface area (Å²) >= 11 is 1.97. The lowest BCUT2D eigenvalue weighted by Gasteiger charge is -2.11. The van der Waals surface area contributed by atoms with Crippen LogP contribution in [0.1, 0.15) is 21.5 Å². The van der Waals surface area contributed by atoms with Gasteiger partial charge in [0.25, 0.3) is 0 Å². The van der Waals surface area contributed by atoms with Crippen LogP contribution in [0, 0.1) is 15.2 Å². The number of halogens is 3. The van der Waals surface area contributed by atoms with Gasteiger partial charge in [-0.25, -0.2) is 18.6 Å². The van der Waals surface area contributed by atoms with Gasteiger partial charge in [0.2, 0.25) is 0 Å². The molecule has 1 aromatic carbocycles. The zero-order valence-corrected chi connectivity index (χ0v) is 13.1. The molecule has 1 aromatic heterocycles. The highest BCUT2D eigenvalue weighted by Gasteiger charge is 2.20. The Bertz CT molecular complexity index is 708. The summed E-state index contributed by atoms with van der Waals surface area (Å²) in [6.07, 6.45) is 1.01. The molecule has 0 unspecified atom stereocenters. The van der Waals surface area contributed by atoms with Crippen molar-refractivity contribution < 1.29 is 18.3 Å². The average Bonchev–Trinajstić information content (AvgIpc) is 2.45. The van der Waals surface area contributed by atoms with Crippen molar-refractivity contribution in [2.24, 2.45) is 0 Å². The van der Waals surface area contributed by atoms with Gasteiger partial charge in [-0.05, 0) is 40.3 Å². The van der Waals surface area contributed by atoms with Crippen LogP contribution in [0.2, 0.25) is 0 Å². The van der Waals surface area contributed by atoms with Gasteiger partial charge in [-0.15, -0.1) is 0 Å². The maximum atomic E-state index is 14.1. The molecule has 0 aliphatic heterocycles. The molecule has 0 amide bonds. The summed E-state index contributed by atoms with van der Waals surface area (Å²) in [7, 11) is 1.17. The maximum Gasteiger partial charge on any atom is 0.339 e. The number of nitrogen functional groups attached to an aromatic ring is 1. The van der Waals surface area contributed by atoms with Gasteiger partial charge in [-0.2, -0.15) is 0 Å². The lowest BCUT2D eigenvalue weighted by atomic mass is 10.0. The van der Waals surface area contributed by atoms with E-state index >= 15 is 0 Å². The van der Waals surface area contributed by atoms with E-state index in [0.29, 0.717) is 0 Å². The van der Waals surface area contributed by atoms with E-state index in [0.717, 1.165) is 9.77 Å². The number of ether oxygens (including phenoxy) is 1. The number of carbonyl (C=O) groups is 1.